The van der Waals surface area contributed by atoms with Gasteiger partial charge in [-0.15, -0.1) is 5.10 Å². The molecule has 0 atom stereocenters. The van der Waals surface area contributed by atoms with Crippen molar-refractivity contribution in [2.45, 2.75) is 26.2 Å². The first-order valence-electron chi connectivity index (χ1n) is 7.02. The van der Waals surface area contributed by atoms with Gasteiger partial charge in [0.05, 0.1) is 17.8 Å². The van der Waals surface area contributed by atoms with Crippen molar-refractivity contribution in [1.82, 2.24) is 15.2 Å². The molecule has 0 aliphatic carbocycles. The topological polar surface area (TPSA) is 86.5 Å². The summed E-state index contributed by atoms with van der Waals surface area (Å²) in [5, 5.41) is 23.0. The fourth-order valence-corrected chi connectivity index (χ4v) is 1.83. The predicted octanol–water partition coefficient (Wildman–Crippen LogP) is 3.09. The number of hydrogen-bond donors (Lipinski definition) is 2. The van der Waals surface area contributed by atoms with Crippen LogP contribution in [0.1, 0.15) is 31.7 Å². The molecule has 21 heavy (non-hydrogen) atoms. The zero-order valence-electron chi connectivity index (χ0n) is 12.0. The number of rotatable bonds is 7. The van der Waals surface area contributed by atoms with E-state index in [1.165, 1.54) is 12.8 Å². The normalized spacial score (nSPS) is 9.90. The Morgan fingerprint density at radius 1 is 1.29 bits per heavy atom. The Kier molecular flexibility index (Phi) is 5.47. The largest absolute Gasteiger partial charge is 0.353 e. The van der Waals surface area contributed by atoms with Crippen molar-refractivity contribution in [3.8, 4) is 6.07 Å². The van der Waals surface area contributed by atoms with Gasteiger partial charge in [0.15, 0.2) is 5.82 Å². The third kappa shape index (κ3) is 4.73. The van der Waals surface area contributed by atoms with Crippen molar-refractivity contribution in [1.29, 1.82) is 5.26 Å². The van der Waals surface area contributed by atoms with Crippen LogP contribution in [0.3, 0.4) is 0 Å². The number of aromatic nitrogens is 3. The molecule has 1 heterocycles. The van der Waals surface area contributed by atoms with Gasteiger partial charge in [-0.2, -0.15) is 15.3 Å². The summed E-state index contributed by atoms with van der Waals surface area (Å²) in [6, 6.07) is 9.31. The van der Waals surface area contributed by atoms with E-state index in [0.717, 1.165) is 18.7 Å². The smallest absolute Gasteiger partial charge is 0.244 e. The molecule has 0 unspecified atom stereocenters. The molecule has 0 aliphatic rings. The van der Waals surface area contributed by atoms with Crippen molar-refractivity contribution in [3.63, 3.8) is 0 Å². The van der Waals surface area contributed by atoms with Crippen molar-refractivity contribution < 1.29 is 0 Å². The fraction of sp³-hybridized carbons (Fsp3) is 0.333. The molecule has 108 valence electrons. The van der Waals surface area contributed by atoms with Gasteiger partial charge in [0.25, 0.3) is 0 Å². The first-order chi connectivity index (χ1) is 10.3. The van der Waals surface area contributed by atoms with Crippen LogP contribution in [0.2, 0.25) is 0 Å². The van der Waals surface area contributed by atoms with E-state index < -0.39 is 0 Å². The third-order valence-electron chi connectivity index (χ3n) is 2.89. The standard InChI is InChI=1S/C15H18N6/c1-2-3-4-8-17-15-20-14(11-18-21-15)19-13-7-5-6-12(9-13)10-16/h5-7,9,11H,2-4,8H2,1H3,(H2,17,19,20,21). The van der Waals surface area contributed by atoms with Crippen LogP contribution in [-0.4, -0.2) is 21.7 Å². The fourth-order valence-electron chi connectivity index (χ4n) is 1.83. The van der Waals surface area contributed by atoms with Gasteiger partial charge in [-0.3, -0.25) is 0 Å². The van der Waals surface area contributed by atoms with Gasteiger partial charge in [0.1, 0.15) is 0 Å². The van der Waals surface area contributed by atoms with Gasteiger partial charge in [0.2, 0.25) is 5.95 Å². The molecule has 6 heteroatoms. The summed E-state index contributed by atoms with van der Waals surface area (Å²) < 4.78 is 0. The Balaban J connectivity index is 1.98. The highest BCUT2D eigenvalue weighted by Gasteiger charge is 2.01. The average Bonchev–Trinajstić information content (AvgIpc) is 2.52. The van der Waals surface area contributed by atoms with Crippen LogP contribution in [0.5, 0.6) is 0 Å². The summed E-state index contributed by atoms with van der Waals surface area (Å²) in [6.45, 7) is 3.00. The molecule has 0 aliphatic heterocycles. The van der Waals surface area contributed by atoms with Crippen molar-refractivity contribution >= 4 is 17.5 Å². The summed E-state index contributed by atoms with van der Waals surface area (Å²) >= 11 is 0. The van der Waals surface area contributed by atoms with Crippen molar-refractivity contribution in [2.24, 2.45) is 0 Å². The number of unbranched alkanes of at least 4 members (excludes halogenated alkanes) is 2. The van der Waals surface area contributed by atoms with E-state index in [9.17, 15) is 0 Å². The second-order valence-corrected chi connectivity index (χ2v) is 4.62. The molecule has 2 N–H and O–H groups in total. The SMILES string of the molecule is CCCCCNc1nncc(Nc2cccc(C#N)c2)n1. The van der Waals surface area contributed by atoms with Crippen LogP contribution in [-0.2, 0) is 0 Å². The van der Waals surface area contributed by atoms with E-state index >= 15 is 0 Å². The summed E-state index contributed by atoms with van der Waals surface area (Å²) in [5.74, 6) is 1.10. The van der Waals surface area contributed by atoms with Crippen LogP contribution in [0.4, 0.5) is 17.5 Å². The predicted molar refractivity (Wildman–Crippen MR) is 82.3 cm³/mol. The van der Waals surface area contributed by atoms with Gasteiger partial charge in [-0.1, -0.05) is 25.8 Å². The summed E-state index contributed by atoms with van der Waals surface area (Å²) in [5.41, 5.74) is 1.39. The number of anilines is 3. The molecule has 2 aromatic rings. The Labute approximate surface area is 124 Å². The molecule has 0 fully saturated rings. The molecule has 0 bridgehead atoms. The van der Waals surface area contributed by atoms with Crippen LogP contribution in [0.15, 0.2) is 30.5 Å². The molecule has 1 aromatic carbocycles. The van der Waals surface area contributed by atoms with Crippen molar-refractivity contribution in [3.05, 3.63) is 36.0 Å². The number of nitrogens with zero attached hydrogens (tertiary/aromatic N) is 4. The van der Waals surface area contributed by atoms with Crippen molar-refractivity contribution in [2.75, 3.05) is 17.2 Å². The zero-order chi connectivity index (χ0) is 14.9. The van der Waals surface area contributed by atoms with Crippen LogP contribution < -0.4 is 10.6 Å². The second kappa shape index (κ2) is 7.80. The molecular weight excluding hydrogens is 264 g/mol. The first kappa shape index (κ1) is 14.7. The summed E-state index contributed by atoms with van der Waals surface area (Å²) in [6.07, 6.45) is 4.99. The number of nitrogens with one attached hydrogen (secondary N) is 2. The van der Waals surface area contributed by atoms with Crippen LogP contribution >= 0.6 is 0 Å². The Morgan fingerprint density at radius 3 is 3.00 bits per heavy atom. The lowest BCUT2D eigenvalue weighted by Gasteiger charge is -2.07. The maximum atomic E-state index is 8.89. The molecule has 0 amide bonds. The molecule has 2 rings (SSSR count). The highest BCUT2D eigenvalue weighted by Crippen LogP contribution is 2.15. The number of nitriles is 1. The molecule has 6 nitrogen and oxygen atoms in total. The molecule has 0 radical (unpaired) electrons. The lowest BCUT2D eigenvalue weighted by molar-refractivity contribution is 0.738. The van der Waals surface area contributed by atoms with Crippen LogP contribution in [0, 0.1) is 11.3 Å². The highest BCUT2D eigenvalue weighted by atomic mass is 15.3. The third-order valence-corrected chi connectivity index (χ3v) is 2.89. The van der Waals surface area contributed by atoms with E-state index in [1.807, 2.05) is 12.1 Å². The van der Waals surface area contributed by atoms with Gasteiger partial charge < -0.3 is 10.6 Å². The number of benzene rings is 1. The van der Waals surface area contributed by atoms with E-state index in [4.69, 9.17) is 5.26 Å². The summed E-state index contributed by atoms with van der Waals surface area (Å²) in [7, 11) is 0. The molecule has 0 spiro atoms. The molecular formula is C15H18N6. The van der Waals surface area contributed by atoms with E-state index in [0.29, 0.717) is 17.3 Å². The van der Waals surface area contributed by atoms with Gasteiger partial charge in [-0.05, 0) is 24.6 Å². The minimum Gasteiger partial charge on any atom is -0.353 e. The Bertz CT molecular complexity index is 620. The zero-order valence-corrected chi connectivity index (χ0v) is 12.0. The Morgan fingerprint density at radius 2 is 2.19 bits per heavy atom. The molecule has 0 saturated carbocycles. The minimum absolute atomic E-state index is 0.507. The Hall–Kier alpha value is -2.68. The number of hydrogen-bond acceptors (Lipinski definition) is 6. The van der Waals surface area contributed by atoms with E-state index in [-0.39, 0.29) is 0 Å². The molecule has 1 aromatic heterocycles. The lowest BCUT2D eigenvalue weighted by Crippen LogP contribution is -2.07. The lowest BCUT2D eigenvalue weighted by atomic mass is 10.2. The maximum Gasteiger partial charge on any atom is 0.244 e. The molecule has 0 saturated heterocycles. The monoisotopic (exact) mass is 282 g/mol. The first-order valence-corrected chi connectivity index (χ1v) is 7.02. The summed E-state index contributed by atoms with van der Waals surface area (Å²) in [4.78, 5) is 4.34. The van der Waals surface area contributed by atoms with E-state index in [2.05, 4.69) is 38.8 Å². The highest BCUT2D eigenvalue weighted by molar-refractivity contribution is 5.58. The quantitative estimate of drug-likeness (QED) is 0.759. The minimum atomic E-state index is 0.507. The van der Waals surface area contributed by atoms with E-state index in [1.54, 1.807) is 18.3 Å². The van der Waals surface area contributed by atoms with Gasteiger partial charge in [0, 0.05) is 12.2 Å². The van der Waals surface area contributed by atoms with Gasteiger partial charge in [-0.25, -0.2) is 0 Å². The van der Waals surface area contributed by atoms with Crippen LogP contribution in [0.25, 0.3) is 0 Å². The van der Waals surface area contributed by atoms with Gasteiger partial charge >= 0.3 is 0 Å². The maximum absolute atomic E-state index is 8.89. The average molecular weight is 282 g/mol. The second-order valence-electron chi connectivity index (χ2n) is 4.62.